The SMILES string of the molecule is N#Cc1ccc2c(n1)NC(=O)C2. The van der Waals surface area contributed by atoms with Crippen LogP contribution in [0.5, 0.6) is 0 Å². The molecule has 0 unspecified atom stereocenters. The summed E-state index contributed by atoms with van der Waals surface area (Å²) >= 11 is 0. The van der Waals surface area contributed by atoms with E-state index in [1.807, 2.05) is 6.07 Å². The van der Waals surface area contributed by atoms with Crippen LogP contribution in [0.4, 0.5) is 5.82 Å². The maximum absolute atomic E-state index is 10.9. The topological polar surface area (TPSA) is 65.8 Å². The average Bonchev–Trinajstić information content (AvgIpc) is 2.43. The molecule has 0 bridgehead atoms. The Bertz CT molecular complexity index is 392. The lowest BCUT2D eigenvalue weighted by molar-refractivity contribution is -0.115. The predicted molar refractivity (Wildman–Crippen MR) is 41.3 cm³/mol. The Hall–Kier alpha value is -1.89. The van der Waals surface area contributed by atoms with Crippen molar-refractivity contribution in [1.82, 2.24) is 4.98 Å². The van der Waals surface area contributed by atoms with Crippen LogP contribution in [0.1, 0.15) is 11.3 Å². The van der Waals surface area contributed by atoms with Gasteiger partial charge in [0.25, 0.3) is 0 Å². The summed E-state index contributed by atoms with van der Waals surface area (Å²) in [5, 5.41) is 11.1. The van der Waals surface area contributed by atoms with Gasteiger partial charge in [-0.05, 0) is 6.07 Å². The van der Waals surface area contributed by atoms with Gasteiger partial charge in [-0.1, -0.05) is 6.07 Å². The van der Waals surface area contributed by atoms with E-state index in [0.29, 0.717) is 17.9 Å². The molecule has 1 N–H and O–H groups in total. The summed E-state index contributed by atoms with van der Waals surface area (Å²) in [6.45, 7) is 0. The third kappa shape index (κ3) is 0.920. The first-order valence-corrected chi connectivity index (χ1v) is 3.49. The summed E-state index contributed by atoms with van der Waals surface area (Å²) in [7, 11) is 0. The van der Waals surface area contributed by atoms with Crippen molar-refractivity contribution < 1.29 is 4.79 Å². The number of carbonyl (C=O) groups is 1. The van der Waals surface area contributed by atoms with Gasteiger partial charge in [-0.2, -0.15) is 5.26 Å². The number of anilines is 1. The lowest BCUT2D eigenvalue weighted by Gasteiger charge is -1.95. The Balaban J connectivity index is 2.50. The fourth-order valence-electron chi connectivity index (χ4n) is 1.15. The first kappa shape index (κ1) is 6.80. The molecule has 0 saturated heterocycles. The van der Waals surface area contributed by atoms with E-state index in [2.05, 4.69) is 10.3 Å². The first-order chi connectivity index (χ1) is 5.79. The number of rotatable bonds is 0. The van der Waals surface area contributed by atoms with Gasteiger partial charge in [-0.25, -0.2) is 4.98 Å². The van der Waals surface area contributed by atoms with E-state index in [4.69, 9.17) is 5.26 Å². The Kier molecular flexibility index (Phi) is 1.31. The highest BCUT2D eigenvalue weighted by Crippen LogP contribution is 2.19. The van der Waals surface area contributed by atoms with Gasteiger partial charge >= 0.3 is 0 Å². The van der Waals surface area contributed by atoms with E-state index < -0.39 is 0 Å². The van der Waals surface area contributed by atoms with Gasteiger partial charge in [-0.15, -0.1) is 0 Å². The zero-order chi connectivity index (χ0) is 8.55. The summed E-state index contributed by atoms with van der Waals surface area (Å²) in [5.41, 5.74) is 1.19. The molecule has 0 spiro atoms. The van der Waals surface area contributed by atoms with Crippen LogP contribution in [0.2, 0.25) is 0 Å². The second-order valence-corrected chi connectivity index (χ2v) is 2.54. The minimum absolute atomic E-state index is 0.0624. The fourth-order valence-corrected chi connectivity index (χ4v) is 1.15. The monoisotopic (exact) mass is 159 g/mol. The van der Waals surface area contributed by atoms with Crippen molar-refractivity contribution in [2.75, 3.05) is 5.32 Å². The number of nitriles is 1. The lowest BCUT2D eigenvalue weighted by Crippen LogP contribution is -2.04. The van der Waals surface area contributed by atoms with E-state index in [1.54, 1.807) is 12.1 Å². The predicted octanol–water partition coefficient (Wildman–Crippen LogP) is 0.448. The Morgan fingerprint density at radius 3 is 3.17 bits per heavy atom. The number of hydrogen-bond donors (Lipinski definition) is 1. The molecule has 0 aliphatic carbocycles. The largest absolute Gasteiger partial charge is 0.310 e. The molecule has 2 heterocycles. The van der Waals surface area contributed by atoms with Gasteiger partial charge in [-0.3, -0.25) is 4.79 Å². The van der Waals surface area contributed by atoms with Crippen LogP contribution < -0.4 is 5.32 Å². The molecule has 4 nitrogen and oxygen atoms in total. The van der Waals surface area contributed by atoms with Crippen molar-refractivity contribution in [2.24, 2.45) is 0 Å². The van der Waals surface area contributed by atoms with Crippen molar-refractivity contribution in [3.05, 3.63) is 23.4 Å². The molecule has 1 aromatic heterocycles. The number of hydrogen-bond acceptors (Lipinski definition) is 3. The zero-order valence-electron chi connectivity index (χ0n) is 6.16. The highest BCUT2D eigenvalue weighted by molar-refractivity contribution is 5.97. The van der Waals surface area contributed by atoms with E-state index in [9.17, 15) is 4.79 Å². The van der Waals surface area contributed by atoms with Crippen LogP contribution in [-0.2, 0) is 11.2 Å². The maximum Gasteiger partial charge on any atom is 0.230 e. The van der Waals surface area contributed by atoms with Gasteiger partial charge in [0.05, 0.1) is 6.42 Å². The zero-order valence-corrected chi connectivity index (χ0v) is 6.16. The van der Waals surface area contributed by atoms with Crippen LogP contribution in [0.25, 0.3) is 0 Å². The molecule has 12 heavy (non-hydrogen) atoms. The van der Waals surface area contributed by atoms with E-state index >= 15 is 0 Å². The van der Waals surface area contributed by atoms with E-state index in [-0.39, 0.29) is 5.91 Å². The van der Waals surface area contributed by atoms with Crippen LogP contribution in [0.3, 0.4) is 0 Å². The molecule has 2 rings (SSSR count). The number of nitrogens with zero attached hydrogens (tertiary/aromatic N) is 2. The summed E-state index contributed by atoms with van der Waals surface area (Å²) in [6, 6.07) is 5.27. The molecule has 4 heteroatoms. The second kappa shape index (κ2) is 2.31. The third-order valence-electron chi connectivity index (χ3n) is 1.70. The Morgan fingerprint density at radius 2 is 2.42 bits per heavy atom. The third-order valence-corrected chi connectivity index (χ3v) is 1.70. The molecule has 1 aliphatic rings. The number of amides is 1. The smallest absolute Gasteiger partial charge is 0.230 e. The van der Waals surface area contributed by atoms with Crippen molar-refractivity contribution >= 4 is 11.7 Å². The minimum atomic E-state index is -0.0624. The summed E-state index contributed by atoms with van der Waals surface area (Å²) in [6.07, 6.45) is 0.369. The Labute approximate surface area is 68.8 Å². The van der Waals surface area contributed by atoms with Crippen molar-refractivity contribution in [3.8, 4) is 6.07 Å². The van der Waals surface area contributed by atoms with Crippen LogP contribution in [0.15, 0.2) is 12.1 Å². The molecular formula is C8H5N3O. The number of fused-ring (bicyclic) bond motifs is 1. The summed E-state index contributed by atoms with van der Waals surface area (Å²) in [4.78, 5) is 14.8. The molecule has 1 aliphatic heterocycles. The van der Waals surface area contributed by atoms with Gasteiger partial charge in [0.2, 0.25) is 5.91 Å². The van der Waals surface area contributed by atoms with Crippen LogP contribution >= 0.6 is 0 Å². The van der Waals surface area contributed by atoms with Crippen LogP contribution in [-0.4, -0.2) is 10.9 Å². The van der Waals surface area contributed by atoms with Gasteiger partial charge in [0, 0.05) is 5.56 Å². The van der Waals surface area contributed by atoms with Crippen molar-refractivity contribution in [3.63, 3.8) is 0 Å². The summed E-state index contributed by atoms with van der Waals surface area (Å²) in [5.74, 6) is 0.464. The van der Waals surface area contributed by atoms with Crippen molar-refractivity contribution in [2.45, 2.75) is 6.42 Å². The number of aromatic nitrogens is 1. The average molecular weight is 159 g/mol. The molecule has 58 valence electrons. The Morgan fingerprint density at radius 1 is 1.58 bits per heavy atom. The van der Waals surface area contributed by atoms with Gasteiger partial charge < -0.3 is 5.32 Å². The molecule has 0 radical (unpaired) electrons. The maximum atomic E-state index is 10.9. The summed E-state index contributed by atoms with van der Waals surface area (Å²) < 4.78 is 0. The normalized spacial score (nSPS) is 13.4. The van der Waals surface area contributed by atoms with E-state index in [0.717, 1.165) is 5.56 Å². The second-order valence-electron chi connectivity index (χ2n) is 2.54. The standard InChI is InChI=1S/C8H5N3O/c9-4-6-2-1-5-3-7(12)11-8(5)10-6/h1-2H,3H2,(H,10,11,12). The fraction of sp³-hybridized carbons (Fsp3) is 0.125. The first-order valence-electron chi connectivity index (χ1n) is 3.49. The van der Waals surface area contributed by atoms with Crippen molar-refractivity contribution in [1.29, 1.82) is 5.26 Å². The lowest BCUT2D eigenvalue weighted by atomic mass is 10.2. The number of nitrogens with one attached hydrogen (secondary N) is 1. The highest BCUT2D eigenvalue weighted by atomic mass is 16.1. The van der Waals surface area contributed by atoms with E-state index in [1.165, 1.54) is 0 Å². The van der Waals surface area contributed by atoms with Gasteiger partial charge in [0.15, 0.2) is 0 Å². The minimum Gasteiger partial charge on any atom is -0.310 e. The van der Waals surface area contributed by atoms with Crippen LogP contribution in [0, 0.1) is 11.3 Å². The molecule has 0 atom stereocenters. The number of carbonyl (C=O) groups excluding carboxylic acids is 1. The highest BCUT2D eigenvalue weighted by Gasteiger charge is 2.18. The molecular weight excluding hydrogens is 154 g/mol. The molecule has 0 saturated carbocycles. The molecule has 1 amide bonds. The molecule has 0 fully saturated rings. The number of pyridine rings is 1. The quantitative estimate of drug-likeness (QED) is 0.597. The molecule has 0 aromatic carbocycles. The van der Waals surface area contributed by atoms with Gasteiger partial charge in [0.1, 0.15) is 17.6 Å². The molecule has 1 aromatic rings.